The molecule has 0 aliphatic carbocycles. The van der Waals surface area contributed by atoms with Crippen molar-refractivity contribution in [2.75, 3.05) is 23.3 Å². The Morgan fingerprint density at radius 2 is 1.93 bits per heavy atom. The zero-order valence-corrected chi connectivity index (χ0v) is 24.9. The molecule has 3 aromatic heterocycles. The van der Waals surface area contributed by atoms with Crippen LogP contribution in [0.2, 0.25) is 0 Å². The minimum Gasteiger partial charge on any atom is -0.463 e. The second kappa shape index (κ2) is 11.8. The van der Waals surface area contributed by atoms with E-state index < -0.39 is 17.1 Å². The lowest BCUT2D eigenvalue weighted by Gasteiger charge is -2.33. The maximum absolute atomic E-state index is 13.7. The number of rotatable bonds is 7. The third kappa shape index (κ3) is 7.37. The second-order valence-corrected chi connectivity index (χ2v) is 12.7. The summed E-state index contributed by atoms with van der Waals surface area (Å²) in [5, 5.41) is 5.21. The number of pyridine rings is 1. The molecule has 41 heavy (non-hydrogen) atoms. The number of hydrogen-bond donors (Lipinski definition) is 1. The molecule has 0 bridgehead atoms. The van der Waals surface area contributed by atoms with Crippen molar-refractivity contribution in [1.82, 2.24) is 14.4 Å². The Morgan fingerprint density at radius 1 is 1.17 bits per heavy atom. The van der Waals surface area contributed by atoms with E-state index in [-0.39, 0.29) is 28.6 Å². The lowest BCUT2D eigenvalue weighted by molar-refractivity contribution is -0.148. The first-order chi connectivity index (χ1) is 19.2. The summed E-state index contributed by atoms with van der Waals surface area (Å²) in [6, 6.07) is 3.06. The van der Waals surface area contributed by atoms with Crippen molar-refractivity contribution in [3.8, 4) is 0 Å². The van der Waals surface area contributed by atoms with Crippen molar-refractivity contribution in [2.45, 2.75) is 71.5 Å². The first-order valence-electron chi connectivity index (χ1n) is 13.3. The topological polar surface area (TPSA) is 132 Å². The number of nitrogens with one attached hydrogen (secondary N) is 1. The summed E-state index contributed by atoms with van der Waals surface area (Å²) in [5.41, 5.74) is 0.327. The Morgan fingerprint density at radius 3 is 2.59 bits per heavy atom. The summed E-state index contributed by atoms with van der Waals surface area (Å²) in [6.07, 6.45) is 5.10. The summed E-state index contributed by atoms with van der Waals surface area (Å²) in [5.74, 6) is -0.664. The van der Waals surface area contributed by atoms with Crippen LogP contribution in [-0.2, 0) is 24.5 Å². The number of carbonyl (C=O) groups excluding carboxylic acids is 3. The molecule has 1 N–H and O–H groups in total. The number of piperidine rings is 1. The van der Waals surface area contributed by atoms with Crippen LogP contribution in [0.1, 0.15) is 76.0 Å². The molecule has 0 saturated carbocycles. The van der Waals surface area contributed by atoms with Gasteiger partial charge in [0.15, 0.2) is 5.13 Å². The van der Waals surface area contributed by atoms with Crippen LogP contribution in [0.5, 0.6) is 0 Å². The Bertz CT molecular complexity index is 1550. The molecule has 218 valence electrons. The monoisotopic (exact) mass is 581 g/mol. The normalized spacial score (nSPS) is 16.1. The first-order valence-corrected chi connectivity index (χ1v) is 14.2. The van der Waals surface area contributed by atoms with Crippen LogP contribution >= 0.6 is 11.3 Å². The van der Waals surface area contributed by atoms with Gasteiger partial charge >= 0.3 is 5.97 Å². The van der Waals surface area contributed by atoms with Gasteiger partial charge in [-0.1, -0.05) is 20.8 Å². The predicted molar refractivity (Wildman–Crippen MR) is 157 cm³/mol. The van der Waals surface area contributed by atoms with Crippen molar-refractivity contribution in [3.05, 3.63) is 57.0 Å². The molecular formula is C29H35N5O6S. The van der Waals surface area contributed by atoms with Crippen molar-refractivity contribution in [3.63, 3.8) is 0 Å². The highest BCUT2D eigenvalue weighted by molar-refractivity contribution is 7.14. The Hall–Kier alpha value is -4.06. The van der Waals surface area contributed by atoms with Crippen molar-refractivity contribution < 1.29 is 23.9 Å². The molecule has 1 atom stereocenters. The number of aromatic nitrogens is 3. The highest BCUT2D eigenvalue weighted by atomic mass is 32.1. The zero-order valence-electron chi connectivity index (χ0n) is 24.1. The molecule has 0 radical (unpaired) electrons. The standard InChI is InChI=1S/C29H35N5O6S/c1-28(2,3)21-16-41-27(30-21)32-25(37)18-11-13-34-22(14-18)31-24(33-12-7-8-19(15-33)39-17-35)20(26(34)38)9-10-23(36)40-29(4,5)6/h9-11,13-14,16-17,19H,7-8,12,15H2,1-6H3,(H,30,32,37)/t19-/m1/s1. The van der Waals surface area contributed by atoms with E-state index in [0.29, 0.717) is 48.9 Å². The van der Waals surface area contributed by atoms with Crippen LogP contribution in [0.4, 0.5) is 10.9 Å². The van der Waals surface area contributed by atoms with Crippen LogP contribution < -0.4 is 15.8 Å². The Kier molecular flexibility index (Phi) is 8.62. The predicted octanol–water partition coefficient (Wildman–Crippen LogP) is 4.20. The van der Waals surface area contributed by atoms with E-state index in [1.807, 2.05) is 31.1 Å². The van der Waals surface area contributed by atoms with Crippen LogP contribution in [0.3, 0.4) is 0 Å². The number of amides is 1. The number of hydrogen-bond acceptors (Lipinski definition) is 10. The zero-order chi connectivity index (χ0) is 29.9. The summed E-state index contributed by atoms with van der Waals surface area (Å²) >= 11 is 1.34. The van der Waals surface area contributed by atoms with Crippen LogP contribution in [0.25, 0.3) is 11.7 Å². The van der Waals surface area contributed by atoms with E-state index in [1.165, 1.54) is 46.2 Å². The van der Waals surface area contributed by atoms with Crippen LogP contribution in [-0.4, -0.2) is 57.5 Å². The van der Waals surface area contributed by atoms with Crippen molar-refractivity contribution in [2.24, 2.45) is 0 Å². The fraction of sp³-hybridized carbons (Fsp3) is 0.448. The Labute approximate surface area is 242 Å². The van der Waals surface area contributed by atoms with E-state index in [2.05, 4.69) is 10.3 Å². The van der Waals surface area contributed by atoms with E-state index in [1.54, 1.807) is 20.8 Å². The van der Waals surface area contributed by atoms with Gasteiger partial charge in [-0.2, -0.15) is 0 Å². The smallest absolute Gasteiger partial charge is 0.331 e. The van der Waals surface area contributed by atoms with Gasteiger partial charge in [0, 0.05) is 35.2 Å². The van der Waals surface area contributed by atoms with E-state index in [9.17, 15) is 19.2 Å². The maximum Gasteiger partial charge on any atom is 0.331 e. The molecule has 1 saturated heterocycles. The third-order valence-corrected chi connectivity index (χ3v) is 7.08. The summed E-state index contributed by atoms with van der Waals surface area (Å²) in [4.78, 5) is 61.2. The summed E-state index contributed by atoms with van der Waals surface area (Å²) < 4.78 is 11.9. The number of anilines is 2. The van der Waals surface area contributed by atoms with Gasteiger partial charge in [0.25, 0.3) is 17.9 Å². The van der Waals surface area contributed by atoms with E-state index in [4.69, 9.17) is 14.5 Å². The molecule has 4 heterocycles. The molecule has 1 fully saturated rings. The van der Waals surface area contributed by atoms with Crippen molar-refractivity contribution >= 4 is 52.4 Å². The second-order valence-electron chi connectivity index (χ2n) is 11.8. The molecule has 12 heteroatoms. The first kappa shape index (κ1) is 29.9. The molecule has 1 amide bonds. The van der Waals surface area contributed by atoms with Gasteiger partial charge in [0.05, 0.1) is 17.8 Å². The van der Waals surface area contributed by atoms with E-state index >= 15 is 0 Å². The summed E-state index contributed by atoms with van der Waals surface area (Å²) in [6.45, 7) is 12.7. The average Bonchev–Trinajstić information content (AvgIpc) is 3.36. The quantitative estimate of drug-likeness (QED) is 0.248. The molecule has 0 unspecified atom stereocenters. The SMILES string of the molecule is CC(C)(C)OC(=O)C=Cc1c(N2CCC[C@@H](OC=O)C2)nc2cc(C(=O)Nc3nc(C(C)(C)C)cs3)ccn2c1=O. The van der Waals surface area contributed by atoms with Gasteiger partial charge < -0.3 is 14.4 Å². The van der Waals surface area contributed by atoms with Crippen LogP contribution in [0, 0.1) is 0 Å². The summed E-state index contributed by atoms with van der Waals surface area (Å²) in [7, 11) is 0. The average molecular weight is 582 g/mol. The molecule has 0 spiro atoms. The molecule has 0 aromatic carbocycles. The lowest BCUT2D eigenvalue weighted by atomic mass is 9.93. The molecule has 3 aromatic rings. The third-order valence-electron chi connectivity index (χ3n) is 6.32. The number of carbonyl (C=O) groups is 3. The number of nitrogens with zero attached hydrogens (tertiary/aromatic N) is 4. The van der Waals surface area contributed by atoms with Crippen LogP contribution in [0.15, 0.2) is 34.6 Å². The number of ether oxygens (including phenoxy) is 2. The fourth-order valence-electron chi connectivity index (χ4n) is 4.32. The molecular weight excluding hydrogens is 546 g/mol. The number of fused-ring (bicyclic) bond motifs is 1. The van der Waals surface area contributed by atoms with Gasteiger partial charge in [-0.15, -0.1) is 11.3 Å². The molecule has 1 aliphatic rings. The molecule has 11 nitrogen and oxygen atoms in total. The van der Waals surface area contributed by atoms with Crippen molar-refractivity contribution in [1.29, 1.82) is 0 Å². The minimum absolute atomic E-state index is 0.149. The molecule has 4 rings (SSSR count). The lowest BCUT2D eigenvalue weighted by Crippen LogP contribution is -2.41. The van der Waals surface area contributed by atoms with E-state index in [0.717, 1.165) is 5.69 Å². The molecule has 1 aliphatic heterocycles. The van der Waals surface area contributed by atoms with Gasteiger partial charge in [-0.3, -0.25) is 24.1 Å². The van der Waals surface area contributed by atoms with Gasteiger partial charge in [-0.05, 0) is 51.8 Å². The number of thiazole rings is 1. The number of esters is 1. The maximum atomic E-state index is 13.7. The fourth-order valence-corrected chi connectivity index (χ4v) is 5.25. The van der Waals surface area contributed by atoms with Gasteiger partial charge in [-0.25, -0.2) is 14.8 Å². The highest BCUT2D eigenvalue weighted by Crippen LogP contribution is 2.27. The van der Waals surface area contributed by atoms with Gasteiger partial charge in [0.1, 0.15) is 23.2 Å². The largest absolute Gasteiger partial charge is 0.463 e. The highest BCUT2D eigenvalue weighted by Gasteiger charge is 2.26. The Balaban J connectivity index is 1.72. The minimum atomic E-state index is -0.697. The van der Waals surface area contributed by atoms with Gasteiger partial charge in [0.2, 0.25) is 0 Å².